The predicted molar refractivity (Wildman–Crippen MR) is 109 cm³/mol. The van der Waals surface area contributed by atoms with E-state index >= 15 is 0 Å². The summed E-state index contributed by atoms with van der Waals surface area (Å²) in [5.41, 5.74) is 1.18. The van der Waals surface area contributed by atoms with E-state index in [1.54, 1.807) is 43.6 Å². The third kappa shape index (κ3) is 5.07. The average molecular weight is 412 g/mol. The Bertz CT molecular complexity index is 1140. The van der Waals surface area contributed by atoms with Gasteiger partial charge in [0.2, 0.25) is 0 Å². The van der Waals surface area contributed by atoms with Crippen molar-refractivity contribution < 1.29 is 17.9 Å². The van der Waals surface area contributed by atoms with Crippen LogP contribution < -0.4 is 14.2 Å². The maximum Gasteiger partial charge on any atom is 0.337 e. The van der Waals surface area contributed by atoms with E-state index in [-0.39, 0.29) is 0 Å². The molecule has 1 aromatic heterocycles. The second kappa shape index (κ2) is 8.14. The lowest BCUT2D eigenvalue weighted by Gasteiger charge is -2.09. The Kier molecular flexibility index (Phi) is 5.41. The van der Waals surface area contributed by atoms with Crippen LogP contribution in [0.1, 0.15) is 12.8 Å². The molecule has 0 spiro atoms. The van der Waals surface area contributed by atoms with Crippen LogP contribution in [0.25, 0.3) is 10.9 Å². The molecule has 1 aliphatic rings. The van der Waals surface area contributed by atoms with E-state index in [0.717, 1.165) is 29.5 Å². The Hall–Kier alpha value is -3.04. The van der Waals surface area contributed by atoms with Crippen molar-refractivity contribution in [3.8, 4) is 17.2 Å². The van der Waals surface area contributed by atoms with E-state index in [1.165, 1.54) is 0 Å². The second-order valence-corrected chi connectivity index (χ2v) is 8.14. The van der Waals surface area contributed by atoms with E-state index in [0.29, 0.717) is 29.6 Å². The molecule has 9 heteroatoms. The number of rotatable bonds is 8. The molecule has 0 bridgehead atoms. The number of pyridine rings is 1. The fraction of sp³-hybridized carbons (Fsp3) is 0.250. The highest BCUT2D eigenvalue weighted by molar-refractivity contribution is 7.88. The van der Waals surface area contributed by atoms with Gasteiger partial charge < -0.3 is 9.47 Å². The van der Waals surface area contributed by atoms with Gasteiger partial charge in [-0.15, -0.1) is 5.11 Å². The van der Waals surface area contributed by atoms with Crippen molar-refractivity contribution >= 4 is 26.8 Å². The van der Waals surface area contributed by atoms with Crippen LogP contribution in [0.2, 0.25) is 0 Å². The Morgan fingerprint density at radius 3 is 2.59 bits per heavy atom. The summed E-state index contributed by atoms with van der Waals surface area (Å²) in [7, 11) is -2.16. The molecule has 1 saturated carbocycles. The number of aromatic nitrogens is 1. The van der Waals surface area contributed by atoms with Crippen LogP contribution in [0.15, 0.2) is 64.4 Å². The smallest absolute Gasteiger partial charge is 0.337 e. The van der Waals surface area contributed by atoms with Crippen molar-refractivity contribution in [3.05, 3.63) is 54.7 Å². The molecule has 1 aliphatic carbocycles. The Morgan fingerprint density at radius 2 is 1.86 bits per heavy atom. The van der Waals surface area contributed by atoms with E-state index in [9.17, 15) is 8.42 Å². The van der Waals surface area contributed by atoms with E-state index in [2.05, 4.69) is 19.3 Å². The molecule has 0 radical (unpaired) electrons. The third-order valence-electron chi connectivity index (χ3n) is 4.49. The molecule has 1 heterocycles. The Labute approximate surface area is 168 Å². The second-order valence-electron chi connectivity index (χ2n) is 6.74. The SMILES string of the molecule is COc1ccc2c(Oc3ccc(N=NS(=O)(=O)NCC4CC4)cc3)ccnc2c1. The van der Waals surface area contributed by atoms with Gasteiger partial charge >= 0.3 is 10.2 Å². The Balaban J connectivity index is 1.45. The summed E-state index contributed by atoms with van der Waals surface area (Å²) >= 11 is 0. The van der Waals surface area contributed by atoms with Crippen LogP contribution in [-0.4, -0.2) is 27.1 Å². The molecule has 3 aromatic rings. The fourth-order valence-electron chi connectivity index (χ4n) is 2.70. The number of ether oxygens (including phenoxy) is 2. The monoisotopic (exact) mass is 412 g/mol. The van der Waals surface area contributed by atoms with Gasteiger partial charge in [-0.1, -0.05) is 0 Å². The lowest BCUT2D eigenvalue weighted by Crippen LogP contribution is -2.23. The summed E-state index contributed by atoms with van der Waals surface area (Å²) in [5, 5.41) is 4.64. The van der Waals surface area contributed by atoms with Crippen molar-refractivity contribution in [2.45, 2.75) is 12.8 Å². The topological polar surface area (TPSA) is 102 Å². The summed E-state index contributed by atoms with van der Waals surface area (Å²) in [6.45, 7) is 0.417. The minimum absolute atomic E-state index is 0.415. The van der Waals surface area contributed by atoms with Crippen molar-refractivity contribution in [2.75, 3.05) is 13.7 Å². The molecule has 0 atom stereocenters. The highest BCUT2D eigenvalue weighted by Gasteiger charge is 2.23. The number of hydrogen-bond donors (Lipinski definition) is 1. The van der Waals surface area contributed by atoms with Crippen LogP contribution in [0, 0.1) is 5.92 Å². The number of nitrogens with zero attached hydrogens (tertiary/aromatic N) is 3. The van der Waals surface area contributed by atoms with Crippen LogP contribution in [0.3, 0.4) is 0 Å². The first-order valence-corrected chi connectivity index (χ1v) is 10.6. The Morgan fingerprint density at radius 1 is 1.10 bits per heavy atom. The van der Waals surface area contributed by atoms with Gasteiger partial charge in [0.05, 0.1) is 18.3 Å². The molecular weight excluding hydrogens is 392 g/mol. The standard InChI is InChI=1S/C20H20N4O4S/c1-27-17-8-9-18-19(12-17)21-11-10-20(18)28-16-6-4-15(5-7-16)23-24-29(25,26)22-13-14-2-3-14/h4-12,14,22H,2-3,13H2,1H3. The third-order valence-corrected chi connectivity index (χ3v) is 5.32. The minimum Gasteiger partial charge on any atom is -0.497 e. The number of hydrogen-bond acceptors (Lipinski definition) is 6. The van der Waals surface area contributed by atoms with Crippen molar-refractivity contribution in [1.82, 2.24) is 9.71 Å². The molecule has 0 unspecified atom stereocenters. The van der Waals surface area contributed by atoms with Crippen molar-refractivity contribution in [3.63, 3.8) is 0 Å². The lowest BCUT2D eigenvalue weighted by atomic mass is 10.2. The minimum atomic E-state index is -3.76. The number of methoxy groups -OCH3 is 1. The highest BCUT2D eigenvalue weighted by atomic mass is 32.2. The summed E-state index contributed by atoms with van der Waals surface area (Å²) in [6, 6.07) is 14.0. The van der Waals surface area contributed by atoms with Crippen LogP contribution in [0.5, 0.6) is 17.2 Å². The summed E-state index contributed by atoms with van der Waals surface area (Å²) in [5.74, 6) is 2.39. The van der Waals surface area contributed by atoms with Gasteiger partial charge in [0, 0.05) is 24.2 Å². The molecule has 0 aliphatic heterocycles. The first kappa shape index (κ1) is 19.3. The van der Waals surface area contributed by atoms with E-state index < -0.39 is 10.2 Å². The molecule has 0 saturated heterocycles. The molecule has 1 N–H and O–H groups in total. The van der Waals surface area contributed by atoms with Crippen molar-refractivity contribution in [2.24, 2.45) is 15.6 Å². The lowest BCUT2D eigenvalue weighted by molar-refractivity contribution is 0.415. The summed E-state index contributed by atoms with van der Waals surface area (Å²) in [6.07, 6.45) is 3.78. The van der Waals surface area contributed by atoms with E-state index in [1.807, 2.05) is 18.2 Å². The zero-order chi connectivity index (χ0) is 20.3. The number of fused-ring (bicyclic) bond motifs is 1. The molecule has 1 fully saturated rings. The van der Waals surface area contributed by atoms with Crippen molar-refractivity contribution in [1.29, 1.82) is 0 Å². The molecule has 8 nitrogen and oxygen atoms in total. The molecule has 2 aromatic carbocycles. The number of nitrogens with one attached hydrogen (secondary N) is 1. The van der Waals surface area contributed by atoms with Gasteiger partial charge in [-0.25, -0.2) is 0 Å². The van der Waals surface area contributed by atoms with Gasteiger partial charge in [0.25, 0.3) is 0 Å². The van der Waals surface area contributed by atoms with Gasteiger partial charge in [-0.05, 0) is 65.7 Å². The molecule has 4 rings (SSSR count). The molecule has 150 valence electrons. The zero-order valence-corrected chi connectivity index (χ0v) is 16.6. The van der Waals surface area contributed by atoms with Gasteiger partial charge in [0.15, 0.2) is 0 Å². The van der Waals surface area contributed by atoms with Crippen LogP contribution in [-0.2, 0) is 10.2 Å². The largest absolute Gasteiger partial charge is 0.497 e. The normalized spacial score (nSPS) is 14.4. The quantitative estimate of drug-likeness (QED) is 0.554. The summed E-state index contributed by atoms with van der Waals surface area (Å²) in [4.78, 5) is 4.33. The van der Waals surface area contributed by atoms with E-state index in [4.69, 9.17) is 9.47 Å². The maximum absolute atomic E-state index is 11.8. The van der Waals surface area contributed by atoms with Gasteiger partial charge in [0.1, 0.15) is 17.2 Å². The molecular formula is C20H20N4O4S. The maximum atomic E-state index is 11.8. The first-order chi connectivity index (χ1) is 14.0. The first-order valence-electron chi connectivity index (χ1n) is 9.16. The van der Waals surface area contributed by atoms with Crippen LogP contribution >= 0.6 is 0 Å². The average Bonchev–Trinajstić information content (AvgIpc) is 3.56. The predicted octanol–water partition coefficient (Wildman–Crippen LogP) is 4.36. The van der Waals surface area contributed by atoms with Gasteiger partial charge in [-0.2, -0.15) is 13.1 Å². The number of benzene rings is 2. The fourth-order valence-corrected chi connectivity index (χ4v) is 3.41. The van der Waals surface area contributed by atoms with Gasteiger partial charge in [-0.3, -0.25) is 4.98 Å². The molecule has 29 heavy (non-hydrogen) atoms. The highest BCUT2D eigenvalue weighted by Crippen LogP contribution is 2.31. The van der Waals surface area contributed by atoms with Crippen LogP contribution in [0.4, 0.5) is 5.69 Å². The summed E-state index contributed by atoms with van der Waals surface area (Å²) < 4.78 is 40.6. The zero-order valence-electron chi connectivity index (χ0n) is 15.8. The molecule has 0 amide bonds.